The highest BCUT2D eigenvalue weighted by atomic mass is 32.1. The third kappa shape index (κ3) is 6.30. The predicted molar refractivity (Wildman–Crippen MR) is 54.2 cm³/mol. The van der Waals surface area contributed by atoms with Crippen LogP contribution >= 0.6 is 12.2 Å². The van der Waals surface area contributed by atoms with Crippen LogP contribution in [0.3, 0.4) is 0 Å². The summed E-state index contributed by atoms with van der Waals surface area (Å²) in [6, 6.07) is -0.751. The molecule has 0 saturated heterocycles. The van der Waals surface area contributed by atoms with E-state index >= 15 is 0 Å². The SMILES string of the molecule is CC(CC[C@H](N)C(=O)O)NC(N)=S. The van der Waals surface area contributed by atoms with Crippen LogP contribution in [0.25, 0.3) is 0 Å². The first kappa shape index (κ1) is 12.1. The van der Waals surface area contributed by atoms with Crippen LogP contribution in [0.4, 0.5) is 0 Å². The second-order valence-electron chi connectivity index (χ2n) is 2.93. The Morgan fingerprint density at radius 3 is 2.54 bits per heavy atom. The summed E-state index contributed by atoms with van der Waals surface area (Å²) in [5, 5.41) is 11.5. The summed E-state index contributed by atoms with van der Waals surface area (Å²) in [5.41, 5.74) is 10.5. The van der Waals surface area contributed by atoms with E-state index in [0.717, 1.165) is 0 Å². The summed E-state index contributed by atoms with van der Waals surface area (Å²) >= 11 is 4.62. The highest BCUT2D eigenvalue weighted by Gasteiger charge is 2.12. The molecule has 0 aliphatic heterocycles. The van der Waals surface area contributed by atoms with Gasteiger partial charge in [0, 0.05) is 6.04 Å². The topological polar surface area (TPSA) is 101 Å². The fourth-order valence-corrected chi connectivity index (χ4v) is 1.07. The highest BCUT2D eigenvalue weighted by molar-refractivity contribution is 7.80. The first-order valence-electron chi connectivity index (χ1n) is 3.98. The van der Waals surface area contributed by atoms with Crippen molar-refractivity contribution in [3.05, 3.63) is 0 Å². The summed E-state index contributed by atoms with van der Waals surface area (Å²) in [7, 11) is 0. The van der Waals surface area contributed by atoms with Gasteiger partial charge in [0.2, 0.25) is 0 Å². The number of aliphatic carboxylic acids is 1. The smallest absolute Gasteiger partial charge is 0.320 e. The summed E-state index contributed by atoms with van der Waals surface area (Å²) in [4.78, 5) is 10.3. The first-order valence-corrected chi connectivity index (χ1v) is 4.38. The van der Waals surface area contributed by atoms with E-state index in [9.17, 15) is 4.79 Å². The van der Waals surface area contributed by atoms with E-state index in [1.54, 1.807) is 0 Å². The molecule has 0 amide bonds. The van der Waals surface area contributed by atoms with Gasteiger partial charge in [0.25, 0.3) is 0 Å². The standard InChI is InChI=1S/C7H15N3O2S/c1-4(10-7(9)13)2-3-5(8)6(11)12/h4-5H,2-3,8H2,1H3,(H,11,12)(H3,9,10,13)/t4?,5-/m0/s1. The van der Waals surface area contributed by atoms with Crippen molar-refractivity contribution >= 4 is 23.3 Å². The van der Waals surface area contributed by atoms with E-state index in [4.69, 9.17) is 16.6 Å². The monoisotopic (exact) mass is 205 g/mol. The molecule has 0 aromatic rings. The maximum absolute atomic E-state index is 10.3. The number of thiocarbonyl (C=S) groups is 1. The molecule has 6 N–H and O–H groups in total. The molecule has 5 nitrogen and oxygen atoms in total. The number of carboxylic acids is 1. The molecule has 0 saturated carbocycles. The average molecular weight is 205 g/mol. The molecule has 0 aliphatic carbocycles. The summed E-state index contributed by atoms with van der Waals surface area (Å²) in [5.74, 6) is -0.984. The Morgan fingerprint density at radius 1 is 1.62 bits per heavy atom. The maximum Gasteiger partial charge on any atom is 0.320 e. The van der Waals surface area contributed by atoms with Crippen molar-refractivity contribution in [3.63, 3.8) is 0 Å². The van der Waals surface area contributed by atoms with Gasteiger partial charge in [0.05, 0.1) is 0 Å². The van der Waals surface area contributed by atoms with Gasteiger partial charge < -0.3 is 21.9 Å². The average Bonchev–Trinajstić information content (AvgIpc) is 1.98. The van der Waals surface area contributed by atoms with Crippen molar-refractivity contribution in [3.8, 4) is 0 Å². The van der Waals surface area contributed by atoms with Crippen LogP contribution < -0.4 is 16.8 Å². The van der Waals surface area contributed by atoms with Crippen LogP contribution in [0.5, 0.6) is 0 Å². The van der Waals surface area contributed by atoms with Gasteiger partial charge in [-0.05, 0) is 32.0 Å². The van der Waals surface area contributed by atoms with Gasteiger partial charge in [0.1, 0.15) is 6.04 Å². The number of nitrogens with one attached hydrogen (secondary N) is 1. The van der Waals surface area contributed by atoms with E-state index in [1.807, 2.05) is 6.92 Å². The molecular formula is C7H15N3O2S. The second-order valence-corrected chi connectivity index (χ2v) is 3.37. The molecule has 0 aliphatic rings. The molecule has 2 atom stereocenters. The minimum atomic E-state index is -0.984. The van der Waals surface area contributed by atoms with Gasteiger partial charge in [-0.2, -0.15) is 0 Å². The van der Waals surface area contributed by atoms with Gasteiger partial charge in [0.15, 0.2) is 5.11 Å². The molecule has 13 heavy (non-hydrogen) atoms. The normalized spacial score (nSPS) is 14.6. The number of nitrogens with two attached hydrogens (primary N) is 2. The minimum absolute atomic E-state index is 0.0582. The Bertz CT molecular complexity index is 198. The van der Waals surface area contributed by atoms with Crippen molar-refractivity contribution in [1.82, 2.24) is 5.32 Å². The van der Waals surface area contributed by atoms with E-state index in [2.05, 4.69) is 17.5 Å². The minimum Gasteiger partial charge on any atom is -0.480 e. The van der Waals surface area contributed by atoms with Gasteiger partial charge in [-0.15, -0.1) is 0 Å². The Hall–Kier alpha value is -0.880. The Balaban J connectivity index is 3.63. The molecule has 76 valence electrons. The van der Waals surface area contributed by atoms with Crippen molar-refractivity contribution in [2.24, 2.45) is 11.5 Å². The molecule has 0 aromatic heterocycles. The molecule has 6 heteroatoms. The van der Waals surface area contributed by atoms with E-state index in [1.165, 1.54) is 0 Å². The van der Waals surface area contributed by atoms with Gasteiger partial charge in [-0.25, -0.2) is 0 Å². The van der Waals surface area contributed by atoms with E-state index < -0.39 is 12.0 Å². The van der Waals surface area contributed by atoms with E-state index in [-0.39, 0.29) is 11.2 Å². The molecule has 0 bridgehead atoms. The zero-order valence-corrected chi connectivity index (χ0v) is 8.30. The van der Waals surface area contributed by atoms with Gasteiger partial charge in [-0.1, -0.05) is 0 Å². The molecule has 0 spiro atoms. The maximum atomic E-state index is 10.3. The van der Waals surface area contributed by atoms with Crippen molar-refractivity contribution < 1.29 is 9.90 Å². The zero-order chi connectivity index (χ0) is 10.4. The molecular weight excluding hydrogens is 190 g/mol. The lowest BCUT2D eigenvalue weighted by Gasteiger charge is -2.14. The highest BCUT2D eigenvalue weighted by Crippen LogP contribution is 1.99. The van der Waals surface area contributed by atoms with E-state index in [0.29, 0.717) is 12.8 Å². The molecule has 0 radical (unpaired) electrons. The molecule has 0 fully saturated rings. The predicted octanol–water partition coefficient (Wildman–Crippen LogP) is -0.600. The van der Waals surface area contributed by atoms with Crippen LogP contribution in [-0.4, -0.2) is 28.3 Å². The third-order valence-electron chi connectivity index (χ3n) is 1.62. The van der Waals surface area contributed by atoms with Gasteiger partial charge in [-0.3, -0.25) is 4.79 Å². The molecule has 0 heterocycles. The summed E-state index contributed by atoms with van der Waals surface area (Å²) < 4.78 is 0. The Morgan fingerprint density at radius 2 is 2.15 bits per heavy atom. The lowest BCUT2D eigenvalue weighted by Crippen LogP contribution is -2.38. The first-order chi connectivity index (χ1) is 5.93. The van der Waals surface area contributed by atoms with Crippen LogP contribution in [-0.2, 0) is 4.79 Å². The van der Waals surface area contributed by atoms with Crippen molar-refractivity contribution in [2.75, 3.05) is 0 Å². The quantitative estimate of drug-likeness (QED) is 0.447. The third-order valence-corrected chi connectivity index (χ3v) is 1.73. The molecule has 0 rings (SSSR count). The largest absolute Gasteiger partial charge is 0.480 e. The number of hydrogen-bond donors (Lipinski definition) is 4. The lowest BCUT2D eigenvalue weighted by atomic mass is 10.1. The van der Waals surface area contributed by atoms with Crippen molar-refractivity contribution in [1.29, 1.82) is 0 Å². The Kier molecular flexibility index (Phi) is 5.33. The van der Waals surface area contributed by atoms with Crippen molar-refractivity contribution in [2.45, 2.75) is 31.8 Å². The number of hydrogen-bond acceptors (Lipinski definition) is 3. The zero-order valence-electron chi connectivity index (χ0n) is 7.49. The molecule has 1 unspecified atom stereocenters. The lowest BCUT2D eigenvalue weighted by molar-refractivity contribution is -0.138. The number of rotatable bonds is 5. The van der Waals surface area contributed by atoms with Crippen LogP contribution in [0.15, 0.2) is 0 Å². The number of carboxylic acid groups (broad SMARTS) is 1. The van der Waals surface area contributed by atoms with Crippen LogP contribution in [0.2, 0.25) is 0 Å². The summed E-state index contributed by atoms with van der Waals surface area (Å²) in [6.07, 6.45) is 1.04. The fourth-order valence-electron chi connectivity index (χ4n) is 0.868. The van der Waals surface area contributed by atoms with Gasteiger partial charge >= 0.3 is 5.97 Å². The number of carbonyl (C=O) groups is 1. The second kappa shape index (κ2) is 5.71. The molecule has 0 aromatic carbocycles. The Labute approximate surface area is 82.5 Å². The fraction of sp³-hybridized carbons (Fsp3) is 0.714. The van der Waals surface area contributed by atoms with Crippen LogP contribution in [0.1, 0.15) is 19.8 Å². The van der Waals surface area contributed by atoms with Crippen LogP contribution in [0, 0.1) is 0 Å². The summed E-state index contributed by atoms with van der Waals surface area (Å²) in [6.45, 7) is 1.87.